The first-order valence-corrected chi connectivity index (χ1v) is 10.1. The Morgan fingerprint density at radius 1 is 1.09 bits per heavy atom. The molecule has 0 radical (unpaired) electrons. The molecule has 0 aromatic heterocycles. The van der Waals surface area contributed by atoms with E-state index in [4.69, 9.17) is 5.11 Å². The highest BCUT2D eigenvalue weighted by Gasteiger charge is 2.21. The maximum absolute atomic E-state index is 8.73. The fourth-order valence-corrected chi connectivity index (χ4v) is 3.33. The maximum atomic E-state index is 8.73. The van der Waals surface area contributed by atoms with Crippen LogP contribution in [0.5, 0.6) is 0 Å². The van der Waals surface area contributed by atoms with Crippen LogP contribution in [0.2, 0.25) is 0 Å². The molecule has 1 saturated heterocycles. The van der Waals surface area contributed by atoms with Gasteiger partial charge in [0.2, 0.25) is 0 Å². The zero-order valence-corrected chi connectivity index (χ0v) is 16.9. The van der Waals surface area contributed by atoms with Gasteiger partial charge in [0.25, 0.3) is 0 Å². The minimum atomic E-state index is 0.372. The molecule has 2 fully saturated rings. The number of hydrogen-bond donors (Lipinski definition) is 1. The standard InChI is InChI=1S/C9H19NO.C9H19N.C2H6/c1-2-10-6-3-9(4-7-10)5-8-11;1-8(2)7-10(3)9-5-4-6-9;1-2/h9,11H,2-8H2,1H3;8-9H,4-7H2,1-3H3;1-2H3. The van der Waals surface area contributed by atoms with Crippen LogP contribution in [-0.4, -0.2) is 60.8 Å². The normalized spacial score (nSPS) is 19.7. The van der Waals surface area contributed by atoms with Gasteiger partial charge in [-0.25, -0.2) is 0 Å². The van der Waals surface area contributed by atoms with E-state index in [1.165, 1.54) is 58.3 Å². The smallest absolute Gasteiger partial charge is 0.0433 e. The zero-order valence-electron chi connectivity index (χ0n) is 16.9. The van der Waals surface area contributed by atoms with E-state index >= 15 is 0 Å². The number of piperidine rings is 1. The van der Waals surface area contributed by atoms with Crippen molar-refractivity contribution in [2.75, 3.05) is 39.8 Å². The van der Waals surface area contributed by atoms with Crippen LogP contribution in [-0.2, 0) is 0 Å². The van der Waals surface area contributed by atoms with E-state index in [9.17, 15) is 0 Å². The second kappa shape index (κ2) is 14.2. The molecule has 1 aliphatic heterocycles. The molecule has 0 amide bonds. The molecular weight excluding hydrogens is 284 g/mol. The van der Waals surface area contributed by atoms with Crippen molar-refractivity contribution in [3.05, 3.63) is 0 Å². The molecule has 1 N–H and O–H groups in total. The van der Waals surface area contributed by atoms with Crippen molar-refractivity contribution in [2.45, 2.75) is 79.2 Å². The number of aliphatic hydroxyl groups is 1. The van der Waals surface area contributed by atoms with Gasteiger partial charge in [0.1, 0.15) is 0 Å². The van der Waals surface area contributed by atoms with Crippen molar-refractivity contribution in [3.63, 3.8) is 0 Å². The first-order chi connectivity index (χ1) is 11.1. The molecule has 2 rings (SSSR count). The van der Waals surface area contributed by atoms with Crippen LogP contribution < -0.4 is 0 Å². The quantitative estimate of drug-likeness (QED) is 0.789. The van der Waals surface area contributed by atoms with Gasteiger partial charge in [-0.1, -0.05) is 41.0 Å². The maximum Gasteiger partial charge on any atom is 0.0433 e. The molecule has 0 bridgehead atoms. The lowest BCUT2D eigenvalue weighted by atomic mass is 9.91. The minimum absolute atomic E-state index is 0.372. The Hall–Kier alpha value is -0.120. The van der Waals surface area contributed by atoms with Gasteiger partial charge >= 0.3 is 0 Å². The number of rotatable bonds is 6. The molecule has 2 aliphatic rings. The van der Waals surface area contributed by atoms with E-state index in [-0.39, 0.29) is 0 Å². The molecule has 0 atom stereocenters. The van der Waals surface area contributed by atoms with Gasteiger partial charge < -0.3 is 14.9 Å². The highest BCUT2D eigenvalue weighted by Crippen LogP contribution is 2.23. The Kier molecular flexibility index (Phi) is 14.2. The van der Waals surface area contributed by atoms with Crippen molar-refractivity contribution in [1.29, 1.82) is 0 Å². The topological polar surface area (TPSA) is 26.7 Å². The highest BCUT2D eigenvalue weighted by molar-refractivity contribution is 4.78. The van der Waals surface area contributed by atoms with Crippen LogP contribution in [0.4, 0.5) is 0 Å². The fourth-order valence-electron chi connectivity index (χ4n) is 3.33. The van der Waals surface area contributed by atoms with Crippen LogP contribution in [0.3, 0.4) is 0 Å². The van der Waals surface area contributed by atoms with Crippen molar-refractivity contribution in [1.82, 2.24) is 9.80 Å². The second-order valence-electron chi connectivity index (χ2n) is 7.31. The SMILES string of the molecule is CC.CC(C)CN(C)C1CCC1.CCN1CCC(CCO)CC1. The van der Waals surface area contributed by atoms with E-state index in [1.807, 2.05) is 13.8 Å². The molecule has 0 aromatic rings. The molecule has 1 heterocycles. The first-order valence-electron chi connectivity index (χ1n) is 10.1. The van der Waals surface area contributed by atoms with E-state index in [0.717, 1.165) is 24.3 Å². The summed E-state index contributed by atoms with van der Waals surface area (Å²) in [5, 5.41) is 8.73. The summed E-state index contributed by atoms with van der Waals surface area (Å²) in [5.74, 6) is 1.62. The molecule has 0 aromatic carbocycles. The Morgan fingerprint density at radius 3 is 2.00 bits per heavy atom. The summed E-state index contributed by atoms with van der Waals surface area (Å²) >= 11 is 0. The Balaban J connectivity index is 0.000000381. The number of nitrogens with zero attached hydrogens (tertiary/aromatic N) is 2. The van der Waals surface area contributed by atoms with Crippen molar-refractivity contribution >= 4 is 0 Å². The Labute approximate surface area is 146 Å². The summed E-state index contributed by atoms with van der Waals surface area (Å²) in [4.78, 5) is 4.99. The predicted octanol–water partition coefficient (Wildman–Crippen LogP) is 4.25. The third-order valence-electron chi connectivity index (χ3n) is 5.04. The molecule has 0 spiro atoms. The second-order valence-corrected chi connectivity index (χ2v) is 7.31. The third-order valence-corrected chi connectivity index (χ3v) is 5.04. The van der Waals surface area contributed by atoms with Gasteiger partial charge in [-0.05, 0) is 70.6 Å². The van der Waals surface area contributed by atoms with Gasteiger partial charge in [-0.2, -0.15) is 0 Å². The molecule has 1 aliphatic carbocycles. The molecule has 3 nitrogen and oxygen atoms in total. The molecule has 1 saturated carbocycles. The lowest BCUT2D eigenvalue weighted by Crippen LogP contribution is -2.39. The third kappa shape index (κ3) is 10.4. The summed E-state index contributed by atoms with van der Waals surface area (Å²) in [7, 11) is 2.25. The van der Waals surface area contributed by atoms with Gasteiger partial charge in [-0.15, -0.1) is 0 Å². The highest BCUT2D eigenvalue weighted by atomic mass is 16.3. The van der Waals surface area contributed by atoms with Crippen LogP contribution in [0.1, 0.15) is 73.1 Å². The molecular formula is C20H44N2O. The summed E-state index contributed by atoms with van der Waals surface area (Å²) in [6.45, 7) is 16.1. The summed E-state index contributed by atoms with van der Waals surface area (Å²) in [5.41, 5.74) is 0. The van der Waals surface area contributed by atoms with E-state index in [2.05, 4.69) is 37.6 Å². The lowest BCUT2D eigenvalue weighted by Gasteiger charge is -2.35. The summed E-state index contributed by atoms with van der Waals surface area (Å²) in [6, 6.07) is 0.919. The van der Waals surface area contributed by atoms with Gasteiger partial charge in [0.05, 0.1) is 0 Å². The summed E-state index contributed by atoms with van der Waals surface area (Å²) in [6.07, 6.45) is 7.90. The summed E-state index contributed by atoms with van der Waals surface area (Å²) < 4.78 is 0. The first kappa shape index (κ1) is 22.9. The average Bonchev–Trinajstić information content (AvgIpc) is 2.48. The Bertz CT molecular complexity index is 246. The van der Waals surface area contributed by atoms with Crippen LogP contribution in [0, 0.1) is 11.8 Å². The monoisotopic (exact) mass is 328 g/mol. The van der Waals surface area contributed by atoms with Gasteiger partial charge in [0, 0.05) is 19.2 Å². The average molecular weight is 329 g/mol. The number of aliphatic hydroxyl groups excluding tert-OH is 1. The molecule has 23 heavy (non-hydrogen) atoms. The predicted molar refractivity (Wildman–Crippen MR) is 103 cm³/mol. The van der Waals surface area contributed by atoms with Crippen LogP contribution >= 0.6 is 0 Å². The van der Waals surface area contributed by atoms with Gasteiger partial charge in [-0.3, -0.25) is 0 Å². The number of hydrogen-bond acceptors (Lipinski definition) is 3. The molecule has 3 heteroatoms. The largest absolute Gasteiger partial charge is 0.396 e. The van der Waals surface area contributed by atoms with E-state index in [1.54, 1.807) is 0 Å². The fraction of sp³-hybridized carbons (Fsp3) is 1.00. The molecule has 0 unspecified atom stereocenters. The lowest BCUT2D eigenvalue weighted by molar-refractivity contribution is 0.145. The van der Waals surface area contributed by atoms with Crippen LogP contribution in [0.25, 0.3) is 0 Å². The number of likely N-dealkylation sites (tertiary alicyclic amines) is 1. The van der Waals surface area contributed by atoms with Crippen LogP contribution in [0.15, 0.2) is 0 Å². The zero-order chi connectivity index (χ0) is 17.7. The van der Waals surface area contributed by atoms with E-state index < -0.39 is 0 Å². The molecule has 140 valence electrons. The van der Waals surface area contributed by atoms with Crippen molar-refractivity contribution in [2.24, 2.45) is 11.8 Å². The Morgan fingerprint density at radius 2 is 1.65 bits per heavy atom. The minimum Gasteiger partial charge on any atom is -0.396 e. The van der Waals surface area contributed by atoms with Gasteiger partial charge in [0.15, 0.2) is 0 Å². The van der Waals surface area contributed by atoms with E-state index in [0.29, 0.717) is 6.61 Å². The van der Waals surface area contributed by atoms with Crippen molar-refractivity contribution < 1.29 is 5.11 Å². The van der Waals surface area contributed by atoms with Crippen molar-refractivity contribution in [3.8, 4) is 0 Å².